The smallest absolute Gasteiger partial charge is 0.293 e. The van der Waals surface area contributed by atoms with E-state index in [-0.39, 0.29) is 16.3 Å². The van der Waals surface area contributed by atoms with Crippen molar-refractivity contribution in [1.29, 1.82) is 5.26 Å². The molecule has 3 rings (SSSR count). The molecule has 0 aliphatic rings. The molecule has 0 atom stereocenters. The van der Waals surface area contributed by atoms with Crippen molar-refractivity contribution in [2.45, 2.75) is 4.90 Å². The van der Waals surface area contributed by atoms with E-state index >= 15 is 0 Å². The molecular formula is C20H15N3O5S. The second-order valence-electron chi connectivity index (χ2n) is 6.10. The largest absolute Gasteiger partial charge is 0.457 e. The average Bonchev–Trinajstić information content (AvgIpc) is 2.68. The minimum atomic E-state index is -3.57. The van der Waals surface area contributed by atoms with Crippen LogP contribution in [0.25, 0.3) is 0 Å². The van der Waals surface area contributed by atoms with Crippen molar-refractivity contribution in [2.24, 2.45) is 0 Å². The summed E-state index contributed by atoms with van der Waals surface area (Å²) < 4.78 is 29.1. The number of nitriles is 1. The maximum absolute atomic E-state index is 11.7. The third kappa shape index (κ3) is 4.88. The lowest BCUT2D eigenvalue weighted by molar-refractivity contribution is -0.384. The van der Waals surface area contributed by atoms with Gasteiger partial charge in [-0.15, -0.1) is 0 Å². The van der Waals surface area contributed by atoms with Crippen molar-refractivity contribution in [2.75, 3.05) is 11.6 Å². The second kappa shape index (κ2) is 8.00. The molecule has 0 bridgehead atoms. The third-order valence-corrected chi connectivity index (χ3v) is 5.04. The van der Waals surface area contributed by atoms with Crippen LogP contribution in [0.5, 0.6) is 11.5 Å². The first-order valence-corrected chi connectivity index (χ1v) is 10.2. The van der Waals surface area contributed by atoms with Gasteiger partial charge in [0.15, 0.2) is 9.84 Å². The molecule has 3 aromatic carbocycles. The first-order chi connectivity index (χ1) is 13.8. The number of nitro benzene ring substituents is 1. The van der Waals surface area contributed by atoms with E-state index < -0.39 is 14.8 Å². The first-order valence-electron chi connectivity index (χ1n) is 8.30. The van der Waals surface area contributed by atoms with E-state index in [1.54, 1.807) is 48.5 Å². The summed E-state index contributed by atoms with van der Waals surface area (Å²) in [4.78, 5) is 10.6. The minimum Gasteiger partial charge on any atom is -0.457 e. The maximum Gasteiger partial charge on any atom is 0.293 e. The van der Waals surface area contributed by atoms with Crippen molar-refractivity contribution in [3.63, 3.8) is 0 Å². The van der Waals surface area contributed by atoms with Crippen LogP contribution in [0.15, 0.2) is 71.6 Å². The lowest BCUT2D eigenvalue weighted by atomic mass is 10.2. The van der Waals surface area contributed by atoms with E-state index in [4.69, 9.17) is 10.00 Å². The van der Waals surface area contributed by atoms with Crippen LogP contribution in [0.1, 0.15) is 5.56 Å². The molecule has 0 aromatic heterocycles. The molecule has 0 saturated heterocycles. The molecule has 0 radical (unpaired) electrons. The van der Waals surface area contributed by atoms with Gasteiger partial charge in [-0.2, -0.15) is 5.26 Å². The lowest BCUT2D eigenvalue weighted by Crippen LogP contribution is -2.02. The molecule has 0 fully saturated rings. The quantitative estimate of drug-likeness (QED) is 0.473. The summed E-state index contributed by atoms with van der Waals surface area (Å²) in [6, 6.07) is 19.0. The molecule has 0 aliphatic carbocycles. The number of nitrogens with one attached hydrogen (secondary N) is 1. The van der Waals surface area contributed by atoms with Crippen molar-refractivity contribution in [1.82, 2.24) is 0 Å². The zero-order chi connectivity index (χ0) is 21.0. The van der Waals surface area contributed by atoms with Gasteiger partial charge in [-0.3, -0.25) is 10.1 Å². The van der Waals surface area contributed by atoms with E-state index in [1.807, 2.05) is 6.07 Å². The molecule has 0 amide bonds. The number of sulfone groups is 1. The number of hydrogen-bond donors (Lipinski definition) is 1. The Bertz CT molecular complexity index is 1220. The van der Waals surface area contributed by atoms with Crippen LogP contribution in [-0.2, 0) is 9.84 Å². The molecule has 1 N–H and O–H groups in total. The molecule has 0 unspecified atom stereocenters. The van der Waals surface area contributed by atoms with Crippen LogP contribution >= 0.6 is 0 Å². The first kappa shape index (κ1) is 19.9. The summed E-state index contributed by atoms with van der Waals surface area (Å²) in [6.45, 7) is 0. The third-order valence-electron chi connectivity index (χ3n) is 3.93. The summed E-state index contributed by atoms with van der Waals surface area (Å²) in [7, 11) is -3.57. The van der Waals surface area contributed by atoms with E-state index in [1.165, 1.54) is 12.1 Å². The highest BCUT2D eigenvalue weighted by molar-refractivity contribution is 7.90. The fourth-order valence-electron chi connectivity index (χ4n) is 2.53. The number of anilines is 2. The molecule has 3 aromatic rings. The van der Waals surface area contributed by atoms with Gasteiger partial charge in [0, 0.05) is 24.1 Å². The lowest BCUT2D eigenvalue weighted by Gasteiger charge is -2.11. The van der Waals surface area contributed by atoms with Gasteiger partial charge in [0.25, 0.3) is 5.69 Å². The standard InChI is InChI=1S/C20H15N3O5S/c1-29(26,27)18-9-10-19(20(12-18)23(24)25)22-15-3-2-4-17(11-15)28-16-7-5-14(13-21)6-8-16/h2-12,22H,1H3. The van der Waals surface area contributed by atoms with Gasteiger partial charge in [0.1, 0.15) is 17.2 Å². The zero-order valence-corrected chi connectivity index (χ0v) is 16.0. The van der Waals surface area contributed by atoms with Gasteiger partial charge in [-0.1, -0.05) is 6.07 Å². The van der Waals surface area contributed by atoms with Gasteiger partial charge in [0.2, 0.25) is 0 Å². The van der Waals surface area contributed by atoms with Gasteiger partial charge in [-0.25, -0.2) is 8.42 Å². The number of benzene rings is 3. The van der Waals surface area contributed by atoms with Crippen LogP contribution in [0.4, 0.5) is 17.1 Å². The van der Waals surface area contributed by atoms with Crippen molar-refractivity contribution in [3.8, 4) is 17.6 Å². The molecule has 0 saturated carbocycles. The molecule has 146 valence electrons. The normalized spacial score (nSPS) is 10.8. The summed E-state index contributed by atoms with van der Waals surface area (Å²) in [5.41, 5.74) is 0.827. The predicted octanol–water partition coefficient (Wildman–Crippen LogP) is 4.41. The average molecular weight is 409 g/mol. The van der Waals surface area contributed by atoms with Crippen molar-refractivity contribution in [3.05, 3.63) is 82.4 Å². The Morgan fingerprint density at radius 2 is 1.76 bits per heavy atom. The summed E-state index contributed by atoms with van der Waals surface area (Å²) in [5.74, 6) is 1.01. The van der Waals surface area contributed by atoms with E-state index in [2.05, 4.69) is 5.32 Å². The molecule has 9 heteroatoms. The summed E-state index contributed by atoms with van der Waals surface area (Å²) in [6.07, 6.45) is 0.989. The van der Waals surface area contributed by atoms with Crippen molar-refractivity contribution >= 4 is 26.9 Å². The fourth-order valence-corrected chi connectivity index (χ4v) is 3.17. The van der Waals surface area contributed by atoms with E-state index in [9.17, 15) is 18.5 Å². The van der Waals surface area contributed by atoms with E-state index in [0.29, 0.717) is 22.7 Å². The highest BCUT2D eigenvalue weighted by Crippen LogP contribution is 2.32. The molecule has 0 aliphatic heterocycles. The molecule has 0 spiro atoms. The highest BCUT2D eigenvalue weighted by Gasteiger charge is 2.19. The fraction of sp³-hybridized carbons (Fsp3) is 0.0500. The molecule has 8 nitrogen and oxygen atoms in total. The van der Waals surface area contributed by atoms with Crippen molar-refractivity contribution < 1.29 is 18.1 Å². The zero-order valence-electron chi connectivity index (χ0n) is 15.2. The number of hydrogen-bond acceptors (Lipinski definition) is 7. The number of nitro groups is 1. The van der Waals surface area contributed by atoms with Gasteiger partial charge < -0.3 is 10.1 Å². The summed E-state index contributed by atoms with van der Waals surface area (Å²) in [5, 5.41) is 23.1. The Labute approximate surface area is 167 Å². The molecule has 0 heterocycles. The SMILES string of the molecule is CS(=O)(=O)c1ccc(Nc2cccc(Oc3ccc(C#N)cc3)c2)c([N+](=O)[O-])c1. The van der Waals surface area contributed by atoms with Gasteiger partial charge in [-0.05, 0) is 48.5 Å². The topological polar surface area (TPSA) is 122 Å². The van der Waals surface area contributed by atoms with Crippen LogP contribution in [0.2, 0.25) is 0 Å². The van der Waals surface area contributed by atoms with Crippen LogP contribution in [0.3, 0.4) is 0 Å². The summed E-state index contributed by atoms with van der Waals surface area (Å²) >= 11 is 0. The Balaban J connectivity index is 1.86. The van der Waals surface area contributed by atoms with Crippen LogP contribution in [0, 0.1) is 21.4 Å². The monoisotopic (exact) mass is 409 g/mol. The Morgan fingerprint density at radius 1 is 1.03 bits per heavy atom. The second-order valence-corrected chi connectivity index (χ2v) is 8.12. The predicted molar refractivity (Wildman–Crippen MR) is 107 cm³/mol. The minimum absolute atomic E-state index is 0.132. The Morgan fingerprint density at radius 3 is 2.38 bits per heavy atom. The van der Waals surface area contributed by atoms with Crippen LogP contribution in [-0.4, -0.2) is 19.6 Å². The van der Waals surface area contributed by atoms with E-state index in [0.717, 1.165) is 12.3 Å². The van der Waals surface area contributed by atoms with Gasteiger partial charge >= 0.3 is 0 Å². The number of nitrogens with zero attached hydrogens (tertiary/aromatic N) is 2. The maximum atomic E-state index is 11.7. The van der Waals surface area contributed by atoms with Crippen LogP contribution < -0.4 is 10.1 Å². The highest BCUT2D eigenvalue weighted by atomic mass is 32.2. The number of ether oxygens (including phenoxy) is 1. The molecular weight excluding hydrogens is 394 g/mol. The van der Waals surface area contributed by atoms with Gasteiger partial charge in [0.05, 0.1) is 21.5 Å². The Hall–Kier alpha value is -3.90. The Kier molecular flexibility index (Phi) is 5.47. The molecule has 29 heavy (non-hydrogen) atoms. The number of rotatable bonds is 6.